The van der Waals surface area contributed by atoms with E-state index >= 15 is 0 Å². The van der Waals surface area contributed by atoms with Crippen LogP contribution in [-0.4, -0.2) is 31.4 Å². The topological polar surface area (TPSA) is 85.9 Å². The molecule has 0 aliphatic carbocycles. The molecule has 0 radical (unpaired) electrons. The molecule has 0 saturated carbocycles. The molecule has 0 fully saturated rings. The number of fused-ring (bicyclic) bond motifs is 1. The quantitative estimate of drug-likeness (QED) is 0.846. The Balaban J connectivity index is 2.46. The van der Waals surface area contributed by atoms with Gasteiger partial charge in [-0.05, 0) is 27.7 Å². The third-order valence-corrected chi connectivity index (χ3v) is 3.35. The summed E-state index contributed by atoms with van der Waals surface area (Å²) in [4.78, 5) is 24.0. The molecule has 2 N–H and O–H groups in total. The SMILES string of the molecule is COc1cc(OC(=O)NC(C)C)c2ccccc2c1OC(=O)NC(C)C. The lowest BCUT2D eigenvalue weighted by Crippen LogP contribution is -2.33. The Labute approximate surface area is 152 Å². The van der Waals surface area contributed by atoms with E-state index in [4.69, 9.17) is 14.2 Å². The summed E-state index contributed by atoms with van der Waals surface area (Å²) in [5, 5.41) is 6.55. The molecule has 0 unspecified atom stereocenters. The Morgan fingerprint density at radius 3 is 1.92 bits per heavy atom. The number of hydrogen-bond acceptors (Lipinski definition) is 5. The van der Waals surface area contributed by atoms with Gasteiger partial charge < -0.3 is 24.8 Å². The van der Waals surface area contributed by atoms with Crippen LogP contribution in [0.3, 0.4) is 0 Å². The van der Waals surface area contributed by atoms with Crippen LogP contribution in [0.5, 0.6) is 17.2 Å². The predicted octanol–water partition coefficient (Wildman–Crippen LogP) is 3.84. The van der Waals surface area contributed by atoms with Crippen LogP contribution in [0.1, 0.15) is 27.7 Å². The van der Waals surface area contributed by atoms with Crippen molar-refractivity contribution in [1.29, 1.82) is 0 Å². The average molecular weight is 360 g/mol. The molecule has 2 aromatic rings. The molecule has 0 atom stereocenters. The van der Waals surface area contributed by atoms with Gasteiger partial charge in [-0.3, -0.25) is 0 Å². The minimum atomic E-state index is -0.588. The van der Waals surface area contributed by atoms with Crippen LogP contribution < -0.4 is 24.8 Å². The Morgan fingerprint density at radius 1 is 0.846 bits per heavy atom. The smallest absolute Gasteiger partial charge is 0.412 e. The summed E-state index contributed by atoms with van der Waals surface area (Å²) in [6.07, 6.45) is -1.16. The molecule has 7 nitrogen and oxygen atoms in total. The molecular weight excluding hydrogens is 336 g/mol. The van der Waals surface area contributed by atoms with Gasteiger partial charge >= 0.3 is 12.2 Å². The molecule has 2 aromatic carbocycles. The Bertz CT molecular complexity index is 802. The molecule has 0 aliphatic rings. The maximum atomic E-state index is 12.0. The zero-order chi connectivity index (χ0) is 19.3. The van der Waals surface area contributed by atoms with Gasteiger partial charge in [0.05, 0.1) is 7.11 Å². The lowest BCUT2D eigenvalue weighted by atomic mass is 10.1. The van der Waals surface area contributed by atoms with Gasteiger partial charge in [0.1, 0.15) is 5.75 Å². The van der Waals surface area contributed by atoms with E-state index in [0.717, 1.165) is 0 Å². The van der Waals surface area contributed by atoms with Crippen LogP contribution in [0.25, 0.3) is 10.8 Å². The molecule has 0 spiro atoms. The number of carbonyl (C=O) groups excluding carboxylic acids is 2. The van der Waals surface area contributed by atoms with Crippen LogP contribution in [0.2, 0.25) is 0 Å². The zero-order valence-electron chi connectivity index (χ0n) is 15.6. The van der Waals surface area contributed by atoms with Crippen molar-refractivity contribution in [2.75, 3.05) is 7.11 Å². The molecule has 26 heavy (non-hydrogen) atoms. The predicted molar refractivity (Wildman–Crippen MR) is 99.1 cm³/mol. The lowest BCUT2D eigenvalue weighted by Gasteiger charge is -2.17. The second-order valence-electron chi connectivity index (χ2n) is 6.33. The van der Waals surface area contributed by atoms with E-state index in [1.807, 2.05) is 27.7 Å². The van der Waals surface area contributed by atoms with Gasteiger partial charge in [-0.2, -0.15) is 0 Å². The van der Waals surface area contributed by atoms with Gasteiger partial charge in [0.15, 0.2) is 11.5 Å². The number of rotatable bonds is 5. The van der Waals surface area contributed by atoms with E-state index in [1.54, 1.807) is 24.3 Å². The van der Waals surface area contributed by atoms with E-state index in [1.165, 1.54) is 13.2 Å². The second kappa shape index (κ2) is 8.42. The highest BCUT2D eigenvalue weighted by Crippen LogP contribution is 2.41. The number of methoxy groups -OCH3 is 1. The molecule has 0 aliphatic heterocycles. The summed E-state index contributed by atoms with van der Waals surface area (Å²) in [5.41, 5.74) is 0. The normalized spacial score (nSPS) is 10.7. The molecular formula is C19H24N2O5. The first-order valence-electron chi connectivity index (χ1n) is 8.38. The fourth-order valence-corrected chi connectivity index (χ4v) is 2.36. The first kappa shape index (κ1) is 19.4. The van der Waals surface area contributed by atoms with Crippen molar-refractivity contribution in [3.05, 3.63) is 30.3 Å². The van der Waals surface area contributed by atoms with E-state index in [2.05, 4.69) is 10.6 Å². The highest BCUT2D eigenvalue weighted by atomic mass is 16.6. The van der Waals surface area contributed by atoms with Gasteiger partial charge in [-0.15, -0.1) is 0 Å². The standard InChI is InChI=1S/C19H24N2O5/c1-11(2)20-18(22)25-15-10-16(24-5)17(26-19(23)21-12(3)4)14-9-7-6-8-13(14)15/h6-12H,1-5H3,(H,20,22)(H,21,23). The van der Waals surface area contributed by atoms with Crippen LogP contribution in [-0.2, 0) is 0 Å². The Hall–Kier alpha value is -2.96. The summed E-state index contributed by atoms with van der Waals surface area (Å²) in [7, 11) is 1.45. The number of benzene rings is 2. The molecule has 0 saturated heterocycles. The van der Waals surface area contributed by atoms with Crippen LogP contribution in [0.15, 0.2) is 30.3 Å². The average Bonchev–Trinajstić information content (AvgIpc) is 2.55. The summed E-state index contributed by atoms with van der Waals surface area (Å²) >= 11 is 0. The van der Waals surface area contributed by atoms with Gasteiger partial charge in [-0.1, -0.05) is 24.3 Å². The van der Waals surface area contributed by atoms with E-state index in [0.29, 0.717) is 16.5 Å². The summed E-state index contributed by atoms with van der Waals surface area (Å²) < 4.78 is 16.2. The second-order valence-corrected chi connectivity index (χ2v) is 6.33. The van der Waals surface area contributed by atoms with Crippen molar-refractivity contribution in [3.8, 4) is 17.2 Å². The Morgan fingerprint density at radius 2 is 1.38 bits per heavy atom. The third kappa shape index (κ3) is 4.78. The van der Waals surface area contributed by atoms with Crippen molar-refractivity contribution in [2.45, 2.75) is 39.8 Å². The lowest BCUT2D eigenvalue weighted by molar-refractivity contribution is 0.194. The molecule has 0 bridgehead atoms. The number of carbonyl (C=O) groups is 2. The first-order valence-corrected chi connectivity index (χ1v) is 8.38. The Kier molecular flexibility index (Phi) is 6.27. The summed E-state index contributed by atoms with van der Waals surface area (Å²) in [5.74, 6) is 0.861. The van der Waals surface area contributed by atoms with Crippen molar-refractivity contribution in [3.63, 3.8) is 0 Å². The number of ether oxygens (including phenoxy) is 3. The highest BCUT2D eigenvalue weighted by Gasteiger charge is 2.19. The van der Waals surface area contributed by atoms with Crippen molar-refractivity contribution in [2.24, 2.45) is 0 Å². The molecule has 2 amide bonds. The van der Waals surface area contributed by atoms with Gasteiger partial charge in [0, 0.05) is 28.9 Å². The molecule has 0 heterocycles. The minimum Gasteiger partial charge on any atom is -0.493 e. The first-order chi connectivity index (χ1) is 12.3. The monoisotopic (exact) mass is 360 g/mol. The van der Waals surface area contributed by atoms with Crippen LogP contribution in [0, 0.1) is 0 Å². The van der Waals surface area contributed by atoms with Crippen molar-refractivity contribution < 1.29 is 23.8 Å². The molecule has 0 aromatic heterocycles. The van der Waals surface area contributed by atoms with Gasteiger partial charge in [-0.25, -0.2) is 9.59 Å². The zero-order valence-corrected chi connectivity index (χ0v) is 15.6. The molecule has 7 heteroatoms. The summed E-state index contributed by atoms with van der Waals surface area (Å²) in [6, 6.07) is 8.55. The van der Waals surface area contributed by atoms with Crippen LogP contribution >= 0.6 is 0 Å². The third-order valence-electron chi connectivity index (χ3n) is 3.35. The van der Waals surface area contributed by atoms with Crippen molar-refractivity contribution >= 4 is 23.0 Å². The minimum absolute atomic E-state index is 0.0574. The van der Waals surface area contributed by atoms with Crippen molar-refractivity contribution in [1.82, 2.24) is 10.6 Å². The number of hydrogen-bond donors (Lipinski definition) is 2. The highest BCUT2D eigenvalue weighted by molar-refractivity contribution is 5.98. The van der Waals surface area contributed by atoms with E-state index < -0.39 is 12.2 Å². The van der Waals surface area contributed by atoms with E-state index in [-0.39, 0.29) is 23.6 Å². The largest absolute Gasteiger partial charge is 0.493 e. The van der Waals surface area contributed by atoms with Crippen LogP contribution in [0.4, 0.5) is 9.59 Å². The number of amides is 2. The van der Waals surface area contributed by atoms with Gasteiger partial charge in [0.2, 0.25) is 0 Å². The summed E-state index contributed by atoms with van der Waals surface area (Å²) in [6.45, 7) is 7.34. The fraction of sp³-hybridized carbons (Fsp3) is 0.368. The maximum absolute atomic E-state index is 12.0. The molecule has 2 rings (SSSR count). The van der Waals surface area contributed by atoms with Gasteiger partial charge in [0.25, 0.3) is 0 Å². The maximum Gasteiger partial charge on any atom is 0.412 e. The van der Waals surface area contributed by atoms with E-state index in [9.17, 15) is 9.59 Å². The fourth-order valence-electron chi connectivity index (χ4n) is 2.36. The molecule has 140 valence electrons. The number of nitrogens with one attached hydrogen (secondary N) is 2.